The van der Waals surface area contributed by atoms with Gasteiger partial charge in [0.05, 0.1) is 13.7 Å². The number of carbonyl (C=O) groups excluding carboxylic acids is 2. The number of nitrogens with one attached hydrogen (secondary N) is 1. The van der Waals surface area contributed by atoms with Crippen molar-refractivity contribution in [3.8, 4) is 5.75 Å². The number of piperazine rings is 1. The quantitative estimate of drug-likeness (QED) is 0.679. The van der Waals surface area contributed by atoms with Crippen molar-refractivity contribution in [2.45, 2.75) is 18.8 Å². The number of amides is 3. The first-order valence-corrected chi connectivity index (χ1v) is 11.7. The number of likely N-dealkylation sites (N-methyl/N-ethyl adjacent to an activating group) is 1. The molecule has 35 heavy (non-hydrogen) atoms. The van der Waals surface area contributed by atoms with Crippen molar-refractivity contribution in [1.29, 1.82) is 0 Å². The zero-order valence-electron chi connectivity index (χ0n) is 19.9. The molecule has 3 heterocycles. The van der Waals surface area contributed by atoms with Gasteiger partial charge in [0.1, 0.15) is 17.4 Å². The number of benzene rings is 2. The Labute approximate surface area is 203 Å². The number of anilines is 1. The number of halogens is 1. The summed E-state index contributed by atoms with van der Waals surface area (Å²) in [6.45, 7) is 4.38. The van der Waals surface area contributed by atoms with Crippen LogP contribution < -0.4 is 15.0 Å². The van der Waals surface area contributed by atoms with Gasteiger partial charge < -0.3 is 19.4 Å². The molecule has 0 bridgehead atoms. The van der Waals surface area contributed by atoms with Gasteiger partial charge >= 0.3 is 6.03 Å². The number of rotatable bonds is 6. The van der Waals surface area contributed by atoms with Crippen molar-refractivity contribution in [1.82, 2.24) is 20.0 Å². The van der Waals surface area contributed by atoms with Crippen molar-refractivity contribution in [3.05, 3.63) is 59.9 Å². The van der Waals surface area contributed by atoms with Crippen LogP contribution in [0.15, 0.2) is 53.5 Å². The number of hydrogen-bond acceptors (Lipinski definition) is 7. The third kappa shape index (κ3) is 4.66. The van der Waals surface area contributed by atoms with Gasteiger partial charge in [-0.3, -0.25) is 15.0 Å². The summed E-state index contributed by atoms with van der Waals surface area (Å²) in [7, 11) is 3.31. The lowest BCUT2D eigenvalue weighted by Crippen LogP contribution is -2.63. The number of aliphatic imine (C=N–C) groups is 1. The molecule has 2 fully saturated rings. The minimum absolute atomic E-state index is 0.308. The normalized spacial score (nSPS) is 22.7. The topological polar surface area (TPSA) is 80.7 Å². The Bertz CT molecular complexity index is 1120. The van der Waals surface area contributed by atoms with E-state index in [1.54, 1.807) is 26.3 Å². The van der Waals surface area contributed by atoms with E-state index in [4.69, 9.17) is 9.73 Å². The van der Waals surface area contributed by atoms with Crippen molar-refractivity contribution < 1.29 is 18.7 Å². The van der Waals surface area contributed by atoms with Crippen molar-refractivity contribution in [3.63, 3.8) is 0 Å². The number of carbonyl (C=O) groups is 2. The first-order chi connectivity index (χ1) is 16.9. The third-order valence-corrected chi connectivity index (χ3v) is 6.89. The zero-order chi connectivity index (χ0) is 24.5. The smallest absolute Gasteiger partial charge is 0.325 e. The summed E-state index contributed by atoms with van der Waals surface area (Å²) in [5.41, 5.74) is 2.03. The fraction of sp³-hybridized carbons (Fsp3) is 0.400. The summed E-state index contributed by atoms with van der Waals surface area (Å²) in [5, 5.41) is 2.43. The fourth-order valence-electron chi connectivity index (χ4n) is 4.85. The molecule has 1 N–H and O–H groups in total. The highest BCUT2D eigenvalue weighted by Gasteiger charge is 2.48. The Hall–Kier alpha value is -3.66. The van der Waals surface area contributed by atoms with Crippen LogP contribution in [0.3, 0.4) is 0 Å². The fourth-order valence-corrected chi connectivity index (χ4v) is 4.85. The van der Waals surface area contributed by atoms with Crippen molar-refractivity contribution in [2.75, 3.05) is 51.8 Å². The summed E-state index contributed by atoms with van der Waals surface area (Å²) < 4.78 is 18.7. The van der Waals surface area contributed by atoms with Gasteiger partial charge in [0.2, 0.25) is 0 Å². The molecule has 2 atom stereocenters. The van der Waals surface area contributed by atoms with E-state index in [2.05, 4.69) is 27.2 Å². The SMILES string of the molecule is COc1ccc(N2CCN(CC3=NC4C(C(=O)NC(=O)N4C)N3Cc3ccc(F)cc3)CC2)cc1. The Morgan fingerprint density at radius 1 is 1.00 bits per heavy atom. The Morgan fingerprint density at radius 3 is 2.34 bits per heavy atom. The molecule has 3 aliphatic heterocycles. The molecule has 2 saturated heterocycles. The highest BCUT2D eigenvalue weighted by atomic mass is 19.1. The van der Waals surface area contributed by atoms with Crippen molar-refractivity contribution in [2.24, 2.45) is 4.99 Å². The monoisotopic (exact) mass is 480 g/mol. The molecule has 0 aliphatic carbocycles. The Balaban J connectivity index is 1.30. The van der Waals surface area contributed by atoms with Crippen LogP contribution in [0.4, 0.5) is 14.9 Å². The summed E-state index contributed by atoms with van der Waals surface area (Å²) >= 11 is 0. The maximum absolute atomic E-state index is 13.4. The predicted molar refractivity (Wildman–Crippen MR) is 130 cm³/mol. The molecule has 0 aromatic heterocycles. The zero-order valence-corrected chi connectivity index (χ0v) is 19.9. The van der Waals surface area contributed by atoms with Gasteiger partial charge in [-0.2, -0.15) is 0 Å². The van der Waals surface area contributed by atoms with Crippen LogP contribution in [0.5, 0.6) is 5.75 Å². The van der Waals surface area contributed by atoms with E-state index in [9.17, 15) is 14.0 Å². The first-order valence-electron chi connectivity index (χ1n) is 11.7. The summed E-state index contributed by atoms with van der Waals surface area (Å²) in [6.07, 6.45) is -0.577. The van der Waals surface area contributed by atoms with Crippen LogP contribution in [-0.2, 0) is 11.3 Å². The van der Waals surface area contributed by atoms with Crippen LogP contribution in [-0.4, -0.2) is 91.6 Å². The van der Waals surface area contributed by atoms with E-state index in [1.807, 2.05) is 17.0 Å². The van der Waals surface area contributed by atoms with E-state index >= 15 is 0 Å². The average Bonchev–Trinajstić information content (AvgIpc) is 3.23. The molecule has 184 valence electrons. The van der Waals surface area contributed by atoms with Crippen LogP contribution >= 0.6 is 0 Å². The maximum atomic E-state index is 13.4. The van der Waals surface area contributed by atoms with Crippen LogP contribution in [0.2, 0.25) is 0 Å². The minimum Gasteiger partial charge on any atom is -0.497 e. The lowest BCUT2D eigenvalue weighted by Gasteiger charge is -2.38. The molecular formula is C25H29FN6O3. The van der Waals surface area contributed by atoms with E-state index in [-0.39, 0.29) is 11.7 Å². The summed E-state index contributed by atoms with van der Waals surface area (Å²) in [6, 6.07) is 13.2. The number of urea groups is 1. The van der Waals surface area contributed by atoms with E-state index in [0.717, 1.165) is 49.0 Å². The molecular weight excluding hydrogens is 451 g/mol. The second-order valence-electron chi connectivity index (χ2n) is 9.02. The molecule has 0 spiro atoms. The number of amidine groups is 1. The van der Waals surface area contributed by atoms with Crippen LogP contribution in [0.25, 0.3) is 0 Å². The average molecular weight is 481 g/mol. The van der Waals surface area contributed by atoms with E-state index < -0.39 is 18.2 Å². The highest BCUT2D eigenvalue weighted by Crippen LogP contribution is 2.27. The van der Waals surface area contributed by atoms with Crippen LogP contribution in [0, 0.1) is 5.82 Å². The molecule has 2 unspecified atom stereocenters. The molecule has 2 aromatic carbocycles. The number of fused-ring (bicyclic) bond motifs is 1. The number of hydrogen-bond donors (Lipinski definition) is 1. The van der Waals surface area contributed by atoms with Gasteiger partial charge in [-0.25, -0.2) is 14.2 Å². The second-order valence-corrected chi connectivity index (χ2v) is 9.02. The predicted octanol–water partition coefficient (Wildman–Crippen LogP) is 1.75. The molecule has 3 aliphatic rings. The Kier molecular flexibility index (Phi) is 6.29. The number of methoxy groups -OCH3 is 1. The highest BCUT2D eigenvalue weighted by molar-refractivity contribution is 6.04. The first kappa shape index (κ1) is 23.1. The van der Waals surface area contributed by atoms with Crippen LogP contribution in [0.1, 0.15) is 5.56 Å². The van der Waals surface area contributed by atoms with Gasteiger partial charge in [0, 0.05) is 45.5 Å². The lowest BCUT2D eigenvalue weighted by atomic mass is 10.1. The molecule has 10 heteroatoms. The second kappa shape index (κ2) is 9.53. The molecule has 5 rings (SSSR count). The largest absolute Gasteiger partial charge is 0.497 e. The van der Waals surface area contributed by atoms with Gasteiger partial charge in [-0.1, -0.05) is 12.1 Å². The molecule has 3 amide bonds. The van der Waals surface area contributed by atoms with Gasteiger partial charge in [-0.15, -0.1) is 0 Å². The summed E-state index contributed by atoms with van der Waals surface area (Å²) in [5.74, 6) is 0.932. The van der Waals surface area contributed by atoms with Gasteiger partial charge in [-0.05, 0) is 42.0 Å². The molecule has 2 aromatic rings. The Morgan fingerprint density at radius 2 is 1.69 bits per heavy atom. The van der Waals surface area contributed by atoms with E-state index in [1.165, 1.54) is 17.0 Å². The molecule has 9 nitrogen and oxygen atoms in total. The van der Waals surface area contributed by atoms with E-state index in [0.29, 0.717) is 13.1 Å². The van der Waals surface area contributed by atoms with Gasteiger partial charge in [0.15, 0.2) is 12.2 Å². The molecule has 0 saturated carbocycles. The standard InChI is InChI=1S/C25H29FN6O3/c1-29-23-22(24(33)28-25(29)34)32(15-17-3-5-18(26)6-4-17)21(27-23)16-30-11-13-31(14-12-30)19-7-9-20(35-2)10-8-19/h3-10,22-23H,11-16H2,1-2H3,(H,28,33,34). The number of imide groups is 1. The number of ether oxygens (including phenoxy) is 1. The summed E-state index contributed by atoms with van der Waals surface area (Å²) in [4.78, 5) is 37.9. The minimum atomic E-state index is -0.613. The number of nitrogens with zero attached hydrogens (tertiary/aromatic N) is 5. The van der Waals surface area contributed by atoms with Gasteiger partial charge in [0.25, 0.3) is 5.91 Å². The van der Waals surface area contributed by atoms with Crippen molar-refractivity contribution >= 4 is 23.5 Å². The lowest BCUT2D eigenvalue weighted by molar-refractivity contribution is -0.127. The maximum Gasteiger partial charge on any atom is 0.325 e. The molecule has 0 radical (unpaired) electrons. The third-order valence-electron chi connectivity index (χ3n) is 6.89.